The van der Waals surface area contributed by atoms with Crippen LogP contribution in [0.15, 0.2) is 30.3 Å². The van der Waals surface area contributed by atoms with Crippen LogP contribution in [-0.4, -0.2) is 49.8 Å². The number of benzene rings is 1. The quantitative estimate of drug-likeness (QED) is 0.838. The molecule has 0 aromatic heterocycles. The van der Waals surface area contributed by atoms with Gasteiger partial charge in [-0.3, -0.25) is 4.79 Å². The summed E-state index contributed by atoms with van der Waals surface area (Å²) in [5.41, 5.74) is 1.37. The molecule has 2 aliphatic heterocycles. The van der Waals surface area contributed by atoms with E-state index in [-0.39, 0.29) is 12.0 Å². The lowest BCUT2D eigenvalue weighted by Crippen LogP contribution is -2.48. The summed E-state index contributed by atoms with van der Waals surface area (Å²) in [5.74, 6) is 0.469. The maximum Gasteiger partial charge on any atom is 0.226 e. The Bertz CT molecular complexity index is 485. The molecule has 2 fully saturated rings. The second kappa shape index (κ2) is 8.46. The van der Waals surface area contributed by atoms with Crippen LogP contribution in [0.2, 0.25) is 0 Å². The van der Waals surface area contributed by atoms with E-state index in [0.29, 0.717) is 12.5 Å². The Hall–Kier alpha value is -1.39. The van der Waals surface area contributed by atoms with Crippen molar-refractivity contribution in [3.05, 3.63) is 35.9 Å². The van der Waals surface area contributed by atoms with Gasteiger partial charge in [-0.1, -0.05) is 30.3 Å². The maximum atomic E-state index is 12.6. The number of aryl methyl sites for hydroxylation is 1. The highest BCUT2D eigenvalue weighted by atomic mass is 16.5. The Morgan fingerprint density at radius 2 is 1.91 bits per heavy atom. The number of hydrogen-bond acceptors (Lipinski definition) is 3. The number of amides is 1. The number of rotatable bonds is 5. The van der Waals surface area contributed by atoms with Gasteiger partial charge in [-0.2, -0.15) is 0 Å². The molecule has 0 saturated carbocycles. The third-order valence-corrected chi connectivity index (χ3v) is 4.86. The van der Waals surface area contributed by atoms with E-state index in [0.717, 1.165) is 58.4 Å². The highest BCUT2D eigenvalue weighted by Gasteiger charge is 2.30. The van der Waals surface area contributed by atoms with E-state index in [1.54, 1.807) is 0 Å². The van der Waals surface area contributed by atoms with Gasteiger partial charge in [-0.25, -0.2) is 0 Å². The fourth-order valence-corrected chi connectivity index (χ4v) is 3.48. The van der Waals surface area contributed by atoms with Gasteiger partial charge in [0.15, 0.2) is 0 Å². The van der Waals surface area contributed by atoms with E-state index in [9.17, 15) is 4.79 Å². The van der Waals surface area contributed by atoms with Crippen molar-refractivity contribution in [2.75, 3.05) is 32.9 Å². The lowest BCUT2D eigenvalue weighted by molar-refractivity contribution is -0.146. The molecule has 1 amide bonds. The Labute approximate surface area is 138 Å². The summed E-state index contributed by atoms with van der Waals surface area (Å²) < 4.78 is 11.2. The molecule has 1 atom stereocenters. The van der Waals surface area contributed by atoms with Gasteiger partial charge in [-0.15, -0.1) is 0 Å². The van der Waals surface area contributed by atoms with Crippen LogP contribution in [0.5, 0.6) is 0 Å². The Morgan fingerprint density at radius 1 is 1.13 bits per heavy atom. The number of nitrogens with zero attached hydrogens (tertiary/aromatic N) is 1. The summed E-state index contributed by atoms with van der Waals surface area (Å²) in [4.78, 5) is 14.6. The highest BCUT2D eigenvalue weighted by molar-refractivity contribution is 5.79. The van der Waals surface area contributed by atoms with E-state index in [4.69, 9.17) is 9.47 Å². The molecule has 126 valence electrons. The molecular formula is C19H27NO3. The lowest BCUT2D eigenvalue weighted by Gasteiger charge is -2.36. The van der Waals surface area contributed by atoms with Gasteiger partial charge in [0.25, 0.3) is 0 Å². The van der Waals surface area contributed by atoms with Gasteiger partial charge < -0.3 is 14.4 Å². The van der Waals surface area contributed by atoms with E-state index in [2.05, 4.69) is 24.3 Å². The number of hydrogen-bond donors (Lipinski definition) is 0. The first-order valence-corrected chi connectivity index (χ1v) is 8.85. The van der Waals surface area contributed by atoms with Gasteiger partial charge in [-0.05, 0) is 37.7 Å². The van der Waals surface area contributed by atoms with Gasteiger partial charge in [0.2, 0.25) is 5.91 Å². The zero-order chi connectivity index (χ0) is 15.9. The minimum absolute atomic E-state index is 0.159. The van der Waals surface area contributed by atoms with Gasteiger partial charge >= 0.3 is 0 Å². The van der Waals surface area contributed by atoms with Crippen LogP contribution in [0.4, 0.5) is 0 Å². The normalized spacial score (nSPS) is 23.0. The summed E-state index contributed by atoms with van der Waals surface area (Å²) >= 11 is 0. The van der Waals surface area contributed by atoms with Crippen molar-refractivity contribution in [3.8, 4) is 0 Å². The van der Waals surface area contributed by atoms with Crippen LogP contribution in [0.3, 0.4) is 0 Å². The van der Waals surface area contributed by atoms with Crippen LogP contribution in [0, 0.1) is 5.92 Å². The minimum Gasteiger partial charge on any atom is -0.381 e. The molecule has 0 aliphatic carbocycles. The summed E-state index contributed by atoms with van der Waals surface area (Å²) in [6.07, 6.45) is 5.13. The van der Waals surface area contributed by atoms with Crippen molar-refractivity contribution in [3.63, 3.8) is 0 Å². The first-order chi connectivity index (χ1) is 11.3. The second-order valence-corrected chi connectivity index (χ2v) is 6.54. The molecule has 1 unspecified atom stereocenters. The van der Waals surface area contributed by atoms with E-state index >= 15 is 0 Å². The summed E-state index contributed by atoms with van der Waals surface area (Å²) in [7, 11) is 0. The molecule has 3 rings (SSSR count). The Kier molecular flexibility index (Phi) is 6.06. The third-order valence-electron chi connectivity index (χ3n) is 4.86. The van der Waals surface area contributed by atoms with Crippen molar-refractivity contribution >= 4 is 5.91 Å². The molecular weight excluding hydrogens is 290 g/mol. The van der Waals surface area contributed by atoms with Crippen LogP contribution in [-0.2, 0) is 20.7 Å². The largest absolute Gasteiger partial charge is 0.381 e. The lowest BCUT2D eigenvalue weighted by atomic mass is 9.98. The zero-order valence-corrected chi connectivity index (χ0v) is 13.8. The molecule has 0 radical (unpaired) electrons. The van der Waals surface area contributed by atoms with Crippen molar-refractivity contribution in [2.24, 2.45) is 5.92 Å². The number of ether oxygens (including phenoxy) is 2. The Morgan fingerprint density at radius 3 is 2.70 bits per heavy atom. The topological polar surface area (TPSA) is 38.8 Å². The van der Waals surface area contributed by atoms with E-state index < -0.39 is 0 Å². The SMILES string of the molecule is O=C(C1CCOCC1)N1CCOC(CCCc2ccccc2)C1. The zero-order valence-electron chi connectivity index (χ0n) is 13.8. The second-order valence-electron chi connectivity index (χ2n) is 6.54. The molecule has 0 spiro atoms. The monoisotopic (exact) mass is 317 g/mol. The minimum atomic E-state index is 0.159. The molecule has 2 heterocycles. The number of carbonyl (C=O) groups is 1. The molecule has 1 aromatic rings. The molecule has 23 heavy (non-hydrogen) atoms. The fourth-order valence-electron chi connectivity index (χ4n) is 3.48. The van der Waals surface area contributed by atoms with Crippen molar-refractivity contribution in [1.82, 2.24) is 4.90 Å². The third kappa shape index (κ3) is 4.79. The van der Waals surface area contributed by atoms with Crippen molar-refractivity contribution < 1.29 is 14.3 Å². The van der Waals surface area contributed by atoms with Gasteiger partial charge in [0.05, 0.1) is 12.7 Å². The summed E-state index contributed by atoms with van der Waals surface area (Å²) in [5, 5.41) is 0. The highest BCUT2D eigenvalue weighted by Crippen LogP contribution is 2.20. The molecule has 4 nitrogen and oxygen atoms in total. The number of morpholine rings is 1. The van der Waals surface area contributed by atoms with Gasteiger partial charge in [0, 0.05) is 32.2 Å². The van der Waals surface area contributed by atoms with E-state index in [1.165, 1.54) is 5.56 Å². The molecule has 1 aromatic carbocycles. The average Bonchev–Trinajstić information content (AvgIpc) is 2.63. The van der Waals surface area contributed by atoms with Crippen molar-refractivity contribution in [2.45, 2.75) is 38.2 Å². The Balaban J connectivity index is 1.43. The van der Waals surface area contributed by atoms with Gasteiger partial charge in [0.1, 0.15) is 0 Å². The standard InChI is InChI=1S/C19H27NO3/c21-19(17-9-12-22-13-10-17)20-11-14-23-18(15-20)8-4-7-16-5-2-1-3-6-16/h1-3,5-6,17-18H,4,7-15H2. The van der Waals surface area contributed by atoms with Crippen LogP contribution >= 0.6 is 0 Å². The molecule has 2 saturated heterocycles. The predicted octanol–water partition coefficient (Wildman–Crippen LogP) is 2.66. The molecule has 0 bridgehead atoms. The average molecular weight is 317 g/mol. The van der Waals surface area contributed by atoms with Crippen molar-refractivity contribution in [1.29, 1.82) is 0 Å². The predicted molar refractivity (Wildman–Crippen MR) is 89.2 cm³/mol. The molecule has 2 aliphatic rings. The number of carbonyl (C=O) groups excluding carboxylic acids is 1. The van der Waals surface area contributed by atoms with Crippen LogP contribution in [0.1, 0.15) is 31.2 Å². The van der Waals surface area contributed by atoms with E-state index in [1.807, 2.05) is 11.0 Å². The first-order valence-electron chi connectivity index (χ1n) is 8.85. The summed E-state index contributed by atoms with van der Waals surface area (Å²) in [6.45, 7) is 3.61. The van der Waals surface area contributed by atoms with Crippen LogP contribution < -0.4 is 0 Å². The molecule has 4 heteroatoms. The fraction of sp³-hybridized carbons (Fsp3) is 0.632. The van der Waals surface area contributed by atoms with Crippen LogP contribution in [0.25, 0.3) is 0 Å². The summed E-state index contributed by atoms with van der Waals surface area (Å²) in [6, 6.07) is 10.6. The maximum absolute atomic E-state index is 12.6. The first kappa shape index (κ1) is 16.5. The molecule has 0 N–H and O–H groups in total. The smallest absolute Gasteiger partial charge is 0.226 e.